The predicted molar refractivity (Wildman–Crippen MR) is 114 cm³/mol. The first kappa shape index (κ1) is 18.8. The third-order valence-electron chi connectivity index (χ3n) is 5.97. The van der Waals surface area contributed by atoms with Gasteiger partial charge in [-0.25, -0.2) is 0 Å². The van der Waals surface area contributed by atoms with Crippen LogP contribution in [0.5, 0.6) is 0 Å². The first-order valence-electron chi connectivity index (χ1n) is 10.1. The SMILES string of the molecule is O=C1C=CC(=O)N1CCCN1CCCC[Si]1(c1ccccc1)c1ccccc1. The van der Waals surface area contributed by atoms with Crippen molar-refractivity contribution in [1.29, 1.82) is 0 Å². The molecule has 28 heavy (non-hydrogen) atoms. The van der Waals surface area contributed by atoms with Gasteiger partial charge in [-0.2, -0.15) is 0 Å². The second-order valence-corrected chi connectivity index (χ2v) is 11.6. The fourth-order valence-corrected chi connectivity index (χ4v) is 9.94. The highest BCUT2D eigenvalue weighted by molar-refractivity contribution is 7.00. The Morgan fingerprint density at radius 2 is 1.32 bits per heavy atom. The van der Waals surface area contributed by atoms with Crippen LogP contribution in [0.2, 0.25) is 6.04 Å². The van der Waals surface area contributed by atoms with Crippen LogP contribution in [0.25, 0.3) is 0 Å². The van der Waals surface area contributed by atoms with Crippen molar-refractivity contribution >= 4 is 30.4 Å². The maximum Gasteiger partial charge on any atom is 0.253 e. The zero-order valence-electron chi connectivity index (χ0n) is 16.1. The number of imide groups is 1. The number of carbonyl (C=O) groups excluding carboxylic acids is 2. The number of hydrogen-bond acceptors (Lipinski definition) is 3. The summed E-state index contributed by atoms with van der Waals surface area (Å²) in [5, 5.41) is 2.91. The number of carbonyl (C=O) groups is 2. The molecule has 144 valence electrons. The summed E-state index contributed by atoms with van der Waals surface area (Å²) in [5.41, 5.74) is 0. The molecule has 0 aromatic heterocycles. The standard InChI is InChI=1S/C23H26N2O2Si/c26-22-14-15-23(27)25(22)18-9-17-24-16-7-8-19-28(24,20-10-3-1-4-11-20)21-12-5-2-6-13-21/h1-6,10-15H,7-9,16-19H2. The Bertz CT molecular complexity index is 809. The van der Waals surface area contributed by atoms with E-state index in [4.69, 9.17) is 0 Å². The van der Waals surface area contributed by atoms with Crippen molar-refractivity contribution in [2.45, 2.75) is 25.3 Å². The van der Waals surface area contributed by atoms with Crippen LogP contribution >= 0.6 is 0 Å². The monoisotopic (exact) mass is 390 g/mol. The normalized spacial score (nSPS) is 19.4. The van der Waals surface area contributed by atoms with Gasteiger partial charge in [0.1, 0.15) is 0 Å². The van der Waals surface area contributed by atoms with E-state index in [1.54, 1.807) is 0 Å². The van der Waals surface area contributed by atoms with Crippen molar-refractivity contribution in [3.05, 3.63) is 72.8 Å². The quantitative estimate of drug-likeness (QED) is 0.561. The first-order chi connectivity index (χ1) is 13.7. The molecule has 1 fully saturated rings. The van der Waals surface area contributed by atoms with Gasteiger partial charge in [-0.1, -0.05) is 67.1 Å². The second-order valence-electron chi connectivity index (χ2n) is 7.55. The van der Waals surface area contributed by atoms with E-state index in [9.17, 15) is 9.59 Å². The fourth-order valence-electron chi connectivity index (χ4n) is 4.65. The van der Waals surface area contributed by atoms with Crippen LogP contribution in [-0.4, -0.2) is 49.1 Å². The van der Waals surface area contributed by atoms with E-state index in [1.807, 2.05) is 0 Å². The van der Waals surface area contributed by atoms with Crippen LogP contribution in [0, 0.1) is 0 Å². The molecule has 2 heterocycles. The van der Waals surface area contributed by atoms with E-state index in [0.717, 1.165) is 19.5 Å². The minimum atomic E-state index is -2.05. The van der Waals surface area contributed by atoms with E-state index in [2.05, 4.69) is 65.2 Å². The van der Waals surface area contributed by atoms with Gasteiger partial charge in [-0.15, -0.1) is 0 Å². The van der Waals surface area contributed by atoms with Crippen molar-refractivity contribution in [2.24, 2.45) is 0 Å². The molecule has 0 bridgehead atoms. The Hall–Kier alpha value is -2.50. The molecule has 2 aromatic rings. The van der Waals surface area contributed by atoms with Gasteiger partial charge in [0.05, 0.1) is 0 Å². The van der Waals surface area contributed by atoms with Crippen molar-refractivity contribution in [2.75, 3.05) is 19.6 Å². The largest absolute Gasteiger partial charge is 0.316 e. The molecule has 2 aromatic carbocycles. The minimum Gasteiger partial charge on any atom is -0.316 e. The lowest BCUT2D eigenvalue weighted by Gasteiger charge is -2.46. The summed E-state index contributed by atoms with van der Waals surface area (Å²) in [6.45, 7) is 2.48. The lowest BCUT2D eigenvalue weighted by Crippen LogP contribution is -2.71. The Morgan fingerprint density at radius 1 is 0.750 bits per heavy atom. The summed E-state index contributed by atoms with van der Waals surface area (Å²) >= 11 is 0. The first-order valence-corrected chi connectivity index (χ1v) is 12.3. The molecule has 0 spiro atoms. The van der Waals surface area contributed by atoms with Crippen LogP contribution < -0.4 is 10.4 Å². The number of rotatable bonds is 6. The highest BCUT2D eigenvalue weighted by Gasteiger charge is 2.44. The molecule has 2 aliphatic heterocycles. The van der Waals surface area contributed by atoms with Gasteiger partial charge >= 0.3 is 0 Å². The second kappa shape index (κ2) is 8.25. The molecule has 1 saturated heterocycles. The van der Waals surface area contributed by atoms with Gasteiger partial charge in [-0.05, 0) is 42.3 Å². The average Bonchev–Trinajstić information content (AvgIpc) is 3.07. The van der Waals surface area contributed by atoms with E-state index in [1.165, 1.54) is 46.3 Å². The molecule has 0 unspecified atom stereocenters. The molecule has 0 atom stereocenters. The fraction of sp³-hybridized carbons (Fsp3) is 0.304. The summed E-state index contributed by atoms with van der Waals surface area (Å²) in [7, 11) is -2.05. The van der Waals surface area contributed by atoms with Gasteiger partial charge in [-0.3, -0.25) is 14.5 Å². The van der Waals surface area contributed by atoms with E-state index in [0.29, 0.717) is 6.54 Å². The third kappa shape index (κ3) is 3.48. The van der Waals surface area contributed by atoms with Crippen molar-refractivity contribution in [3.63, 3.8) is 0 Å². The van der Waals surface area contributed by atoms with Gasteiger partial charge in [0.2, 0.25) is 0 Å². The molecule has 4 rings (SSSR count). The molecule has 0 radical (unpaired) electrons. The molecular weight excluding hydrogens is 364 g/mol. The van der Waals surface area contributed by atoms with Gasteiger partial charge in [0, 0.05) is 18.7 Å². The topological polar surface area (TPSA) is 40.6 Å². The molecule has 0 N–H and O–H groups in total. The summed E-state index contributed by atoms with van der Waals surface area (Å²) in [6.07, 6.45) is 6.01. The van der Waals surface area contributed by atoms with Crippen LogP contribution in [0.1, 0.15) is 19.3 Å². The van der Waals surface area contributed by atoms with Gasteiger partial charge in [0.15, 0.2) is 8.24 Å². The zero-order chi connectivity index (χ0) is 19.4. The summed E-state index contributed by atoms with van der Waals surface area (Å²) in [4.78, 5) is 25.1. The zero-order valence-corrected chi connectivity index (χ0v) is 17.1. The minimum absolute atomic E-state index is 0.182. The Kier molecular flexibility index (Phi) is 5.55. The summed E-state index contributed by atoms with van der Waals surface area (Å²) < 4.78 is 2.69. The van der Waals surface area contributed by atoms with Crippen LogP contribution in [0.4, 0.5) is 0 Å². The molecular formula is C23H26N2O2Si. The summed E-state index contributed by atoms with van der Waals surface area (Å²) in [6, 6.07) is 23.1. The maximum atomic E-state index is 11.9. The van der Waals surface area contributed by atoms with Crippen molar-refractivity contribution < 1.29 is 9.59 Å². The van der Waals surface area contributed by atoms with Crippen LogP contribution in [-0.2, 0) is 9.59 Å². The van der Waals surface area contributed by atoms with E-state index >= 15 is 0 Å². The van der Waals surface area contributed by atoms with E-state index < -0.39 is 8.24 Å². The summed E-state index contributed by atoms with van der Waals surface area (Å²) in [5.74, 6) is -0.364. The van der Waals surface area contributed by atoms with E-state index in [-0.39, 0.29) is 11.8 Å². The third-order valence-corrected chi connectivity index (χ3v) is 11.2. The molecule has 2 aliphatic rings. The van der Waals surface area contributed by atoms with Crippen molar-refractivity contribution in [3.8, 4) is 0 Å². The molecule has 2 amide bonds. The molecule has 5 heteroatoms. The lowest BCUT2D eigenvalue weighted by atomic mass is 10.3. The Labute approximate surface area is 167 Å². The smallest absolute Gasteiger partial charge is 0.253 e. The number of nitrogens with zero attached hydrogens (tertiary/aromatic N) is 2. The number of hydrogen-bond donors (Lipinski definition) is 0. The molecule has 0 aliphatic carbocycles. The average molecular weight is 391 g/mol. The molecule has 4 nitrogen and oxygen atoms in total. The maximum absolute atomic E-state index is 11.9. The number of amides is 2. The highest BCUT2D eigenvalue weighted by Crippen LogP contribution is 2.26. The van der Waals surface area contributed by atoms with Crippen molar-refractivity contribution in [1.82, 2.24) is 9.47 Å². The lowest BCUT2D eigenvalue weighted by molar-refractivity contribution is -0.136. The highest BCUT2D eigenvalue weighted by atomic mass is 28.3. The van der Waals surface area contributed by atoms with Crippen LogP contribution in [0.15, 0.2) is 72.8 Å². The Morgan fingerprint density at radius 3 is 1.89 bits per heavy atom. The number of benzene rings is 2. The van der Waals surface area contributed by atoms with Gasteiger partial charge < -0.3 is 4.57 Å². The molecule has 0 saturated carbocycles. The predicted octanol–water partition coefficient (Wildman–Crippen LogP) is 2.16. The Balaban J connectivity index is 1.60. The van der Waals surface area contributed by atoms with Crippen LogP contribution in [0.3, 0.4) is 0 Å². The van der Waals surface area contributed by atoms with Gasteiger partial charge in [0.25, 0.3) is 11.8 Å².